The zero-order valence-electron chi connectivity index (χ0n) is 6.79. The molecule has 1 N–H and O–H groups in total. The molecule has 1 rings (SSSR count). The normalized spacial score (nSPS) is 30.4. The van der Waals surface area contributed by atoms with E-state index in [9.17, 15) is 4.79 Å². The van der Waals surface area contributed by atoms with Gasteiger partial charge in [0.1, 0.15) is 12.3 Å². The van der Waals surface area contributed by atoms with Gasteiger partial charge in [-0.15, -0.1) is 0 Å². The molecule has 1 fully saturated rings. The van der Waals surface area contributed by atoms with Crippen molar-refractivity contribution in [1.29, 1.82) is 0 Å². The van der Waals surface area contributed by atoms with Crippen LogP contribution in [0.4, 0.5) is 0 Å². The minimum absolute atomic E-state index is 0.0131. The number of carbonyl (C=O) groups is 1. The largest absolute Gasteiger partial charge is 0.468 e. The molecule has 0 aromatic rings. The fraction of sp³-hybridized carbons (Fsp3) is 0.857. The molecule has 1 heterocycles. The molecule has 1 saturated heterocycles. The molecule has 4 nitrogen and oxygen atoms in total. The minimum atomic E-state index is -0.273. The zero-order chi connectivity index (χ0) is 8.27. The van der Waals surface area contributed by atoms with Gasteiger partial charge in [0.15, 0.2) is 0 Å². The molecule has 1 aliphatic rings. The lowest BCUT2D eigenvalue weighted by atomic mass is 10.3. The van der Waals surface area contributed by atoms with E-state index in [1.54, 1.807) is 0 Å². The maximum atomic E-state index is 10.9. The van der Waals surface area contributed by atoms with E-state index in [1.807, 2.05) is 6.92 Å². The first-order valence-corrected chi connectivity index (χ1v) is 3.73. The lowest BCUT2D eigenvalue weighted by Gasteiger charge is -2.07. The predicted molar refractivity (Wildman–Crippen MR) is 39.0 cm³/mol. The Bertz CT molecular complexity index is 149. The molecule has 4 heteroatoms. The topological polar surface area (TPSA) is 47.6 Å². The fourth-order valence-corrected chi connectivity index (χ4v) is 1.05. The Hall–Kier alpha value is -0.610. The predicted octanol–water partition coefficient (Wildman–Crippen LogP) is -0.116. The summed E-state index contributed by atoms with van der Waals surface area (Å²) in [4.78, 5) is 10.9. The third-order valence-corrected chi connectivity index (χ3v) is 1.71. The van der Waals surface area contributed by atoms with E-state index in [0.29, 0.717) is 6.61 Å². The van der Waals surface area contributed by atoms with Gasteiger partial charge in [-0.05, 0) is 6.42 Å². The summed E-state index contributed by atoms with van der Waals surface area (Å²) in [5.41, 5.74) is 0. The monoisotopic (exact) mass is 159 g/mol. The van der Waals surface area contributed by atoms with Gasteiger partial charge >= 0.3 is 5.97 Å². The molecule has 64 valence electrons. The third kappa shape index (κ3) is 1.91. The molecule has 0 aliphatic carbocycles. The van der Waals surface area contributed by atoms with E-state index in [0.717, 1.165) is 6.42 Å². The molecule has 0 aromatic carbocycles. The highest BCUT2D eigenvalue weighted by Crippen LogP contribution is 2.06. The van der Waals surface area contributed by atoms with Gasteiger partial charge in [-0.2, -0.15) is 0 Å². The number of nitrogens with one attached hydrogen (secondary N) is 1. The van der Waals surface area contributed by atoms with Crippen LogP contribution in [0, 0.1) is 0 Å². The fourth-order valence-electron chi connectivity index (χ4n) is 1.05. The first-order chi connectivity index (χ1) is 5.27. The second kappa shape index (κ2) is 3.69. The Kier molecular flexibility index (Phi) is 2.84. The number of ether oxygens (including phenoxy) is 2. The summed E-state index contributed by atoms with van der Waals surface area (Å²) >= 11 is 0. The Morgan fingerprint density at radius 3 is 3.00 bits per heavy atom. The molecule has 2 atom stereocenters. The summed E-state index contributed by atoms with van der Waals surface area (Å²) in [5.74, 6) is -0.249. The molecular weight excluding hydrogens is 146 g/mol. The molecule has 0 saturated carbocycles. The minimum Gasteiger partial charge on any atom is -0.468 e. The summed E-state index contributed by atoms with van der Waals surface area (Å²) in [5, 5.41) is 2.99. The van der Waals surface area contributed by atoms with Crippen LogP contribution in [0.2, 0.25) is 0 Å². The average Bonchev–Trinajstić information content (AvgIpc) is 2.50. The molecule has 0 radical (unpaired) electrons. The summed E-state index contributed by atoms with van der Waals surface area (Å²) in [7, 11) is 1.38. The van der Waals surface area contributed by atoms with Crippen LogP contribution in [0.15, 0.2) is 0 Å². The quantitative estimate of drug-likeness (QED) is 0.571. The Morgan fingerprint density at radius 1 is 1.82 bits per heavy atom. The molecule has 0 spiro atoms. The van der Waals surface area contributed by atoms with Crippen molar-refractivity contribution in [3.05, 3.63) is 0 Å². The average molecular weight is 159 g/mol. The maximum Gasteiger partial charge on any atom is 0.325 e. The highest BCUT2D eigenvalue weighted by atomic mass is 16.5. The second-order valence-corrected chi connectivity index (χ2v) is 2.47. The smallest absolute Gasteiger partial charge is 0.325 e. The number of carbonyl (C=O) groups excluding carboxylic acids is 1. The Balaban J connectivity index is 2.35. The van der Waals surface area contributed by atoms with Gasteiger partial charge in [-0.25, -0.2) is 0 Å². The van der Waals surface area contributed by atoms with Crippen LogP contribution < -0.4 is 5.32 Å². The summed E-state index contributed by atoms with van der Waals surface area (Å²) in [6.07, 6.45) is 0.882. The summed E-state index contributed by atoms with van der Waals surface area (Å²) in [6, 6.07) is -0.273. The van der Waals surface area contributed by atoms with Gasteiger partial charge in [0, 0.05) is 0 Å². The van der Waals surface area contributed by atoms with Gasteiger partial charge in [-0.3, -0.25) is 10.1 Å². The summed E-state index contributed by atoms with van der Waals surface area (Å²) < 4.78 is 9.77. The van der Waals surface area contributed by atoms with Crippen LogP contribution in [-0.2, 0) is 14.3 Å². The standard InChI is InChI=1S/C7H13NO3/c1-3-6-8-5(4-11-6)7(9)10-2/h5-6,8H,3-4H2,1-2H3. The van der Waals surface area contributed by atoms with Crippen LogP contribution in [0.3, 0.4) is 0 Å². The van der Waals surface area contributed by atoms with Crippen molar-refractivity contribution in [2.24, 2.45) is 0 Å². The Labute approximate surface area is 65.9 Å². The Morgan fingerprint density at radius 2 is 2.55 bits per heavy atom. The van der Waals surface area contributed by atoms with Crippen molar-refractivity contribution < 1.29 is 14.3 Å². The molecule has 11 heavy (non-hydrogen) atoms. The highest BCUT2D eigenvalue weighted by Gasteiger charge is 2.29. The summed E-state index contributed by atoms with van der Waals surface area (Å²) in [6.45, 7) is 2.42. The lowest BCUT2D eigenvalue weighted by Crippen LogP contribution is -2.37. The van der Waals surface area contributed by atoms with Gasteiger partial charge in [-0.1, -0.05) is 6.92 Å². The van der Waals surface area contributed by atoms with E-state index < -0.39 is 0 Å². The van der Waals surface area contributed by atoms with Crippen LogP contribution in [-0.4, -0.2) is 32.0 Å². The van der Waals surface area contributed by atoms with E-state index >= 15 is 0 Å². The first-order valence-electron chi connectivity index (χ1n) is 3.73. The SMILES string of the molecule is CCC1NC(C(=O)OC)CO1. The van der Waals surface area contributed by atoms with Crippen LogP contribution in [0.25, 0.3) is 0 Å². The van der Waals surface area contributed by atoms with Crippen molar-refractivity contribution in [3.63, 3.8) is 0 Å². The van der Waals surface area contributed by atoms with E-state index in [1.165, 1.54) is 7.11 Å². The van der Waals surface area contributed by atoms with Crippen molar-refractivity contribution in [2.75, 3.05) is 13.7 Å². The maximum absolute atomic E-state index is 10.9. The van der Waals surface area contributed by atoms with Crippen LogP contribution >= 0.6 is 0 Å². The van der Waals surface area contributed by atoms with Crippen LogP contribution in [0.5, 0.6) is 0 Å². The molecular formula is C7H13NO3. The molecule has 0 aromatic heterocycles. The second-order valence-electron chi connectivity index (χ2n) is 2.47. The van der Waals surface area contributed by atoms with Crippen molar-refractivity contribution in [3.8, 4) is 0 Å². The van der Waals surface area contributed by atoms with Gasteiger partial charge in [0.05, 0.1) is 13.7 Å². The number of hydrogen-bond donors (Lipinski definition) is 1. The molecule has 0 amide bonds. The van der Waals surface area contributed by atoms with Crippen molar-refractivity contribution in [2.45, 2.75) is 25.6 Å². The number of rotatable bonds is 2. The van der Waals surface area contributed by atoms with Crippen LogP contribution in [0.1, 0.15) is 13.3 Å². The van der Waals surface area contributed by atoms with Gasteiger partial charge in [0.2, 0.25) is 0 Å². The van der Waals surface area contributed by atoms with Gasteiger partial charge in [0.25, 0.3) is 0 Å². The van der Waals surface area contributed by atoms with Crippen molar-refractivity contribution in [1.82, 2.24) is 5.32 Å². The molecule has 1 aliphatic heterocycles. The van der Waals surface area contributed by atoms with E-state index in [2.05, 4.69) is 10.1 Å². The van der Waals surface area contributed by atoms with E-state index in [-0.39, 0.29) is 18.2 Å². The van der Waals surface area contributed by atoms with E-state index in [4.69, 9.17) is 4.74 Å². The molecule has 2 unspecified atom stereocenters. The lowest BCUT2D eigenvalue weighted by molar-refractivity contribution is -0.142. The van der Waals surface area contributed by atoms with Crippen molar-refractivity contribution >= 4 is 5.97 Å². The highest BCUT2D eigenvalue weighted by molar-refractivity contribution is 5.76. The zero-order valence-corrected chi connectivity index (χ0v) is 6.79. The third-order valence-electron chi connectivity index (χ3n) is 1.71. The number of hydrogen-bond acceptors (Lipinski definition) is 4. The molecule has 0 bridgehead atoms. The first kappa shape index (κ1) is 8.49. The van der Waals surface area contributed by atoms with Gasteiger partial charge < -0.3 is 9.47 Å². The number of methoxy groups -OCH3 is 1. The number of esters is 1.